The number of aromatic nitrogens is 3. The van der Waals surface area contributed by atoms with Crippen LogP contribution < -0.4 is 5.32 Å². The largest absolute Gasteiger partial charge is 0.348 e. The monoisotopic (exact) mass is 416 g/mol. The molecule has 0 unspecified atom stereocenters. The Morgan fingerprint density at radius 2 is 1.82 bits per heavy atom. The molecule has 1 aliphatic rings. The molecule has 0 bridgehead atoms. The molecule has 0 saturated heterocycles. The second kappa shape index (κ2) is 8.02. The van der Waals surface area contributed by atoms with Crippen molar-refractivity contribution in [3.05, 3.63) is 64.0 Å². The first-order chi connectivity index (χ1) is 13.5. The molecule has 1 saturated carbocycles. The third kappa shape index (κ3) is 3.69. The lowest BCUT2D eigenvalue weighted by atomic mass is 9.95. The number of nitrogens with one attached hydrogen (secondary N) is 1. The van der Waals surface area contributed by atoms with Gasteiger partial charge in [-0.15, -0.1) is 0 Å². The number of halogens is 2. The standard InChI is InChI=1S/C21H22Cl2N4O/c1-14-19(20(28)24-15-7-3-2-4-8-15)25-27(21(14)26-11-5-6-12-26)16-9-10-17(22)18(23)13-16/h5-6,9-13,15H,2-4,7-8H2,1H3,(H,24,28). The summed E-state index contributed by atoms with van der Waals surface area (Å²) in [4.78, 5) is 13.0. The molecule has 2 heterocycles. The van der Waals surface area contributed by atoms with Crippen molar-refractivity contribution in [2.75, 3.05) is 0 Å². The summed E-state index contributed by atoms with van der Waals surface area (Å²) in [6.07, 6.45) is 9.49. The Labute approximate surface area is 174 Å². The van der Waals surface area contributed by atoms with Crippen molar-refractivity contribution in [1.82, 2.24) is 19.7 Å². The van der Waals surface area contributed by atoms with E-state index >= 15 is 0 Å². The SMILES string of the molecule is Cc1c(C(=O)NC2CCCCC2)nn(-c2ccc(Cl)c(Cl)c2)c1-n1cccc1. The van der Waals surface area contributed by atoms with Crippen molar-refractivity contribution >= 4 is 29.1 Å². The minimum absolute atomic E-state index is 0.128. The normalized spacial score (nSPS) is 15.0. The predicted molar refractivity (Wildman–Crippen MR) is 112 cm³/mol. The topological polar surface area (TPSA) is 51.9 Å². The molecule has 7 heteroatoms. The number of carbonyl (C=O) groups excluding carboxylic acids is 1. The molecule has 1 aliphatic carbocycles. The van der Waals surface area contributed by atoms with Gasteiger partial charge in [-0.3, -0.25) is 4.79 Å². The summed E-state index contributed by atoms with van der Waals surface area (Å²) in [6, 6.07) is 9.44. The lowest BCUT2D eigenvalue weighted by molar-refractivity contribution is 0.0921. The van der Waals surface area contributed by atoms with E-state index in [0.717, 1.165) is 42.8 Å². The van der Waals surface area contributed by atoms with Crippen molar-refractivity contribution in [2.24, 2.45) is 0 Å². The summed E-state index contributed by atoms with van der Waals surface area (Å²) >= 11 is 12.3. The lowest BCUT2D eigenvalue weighted by Crippen LogP contribution is -2.36. The summed E-state index contributed by atoms with van der Waals surface area (Å²) in [5, 5.41) is 8.74. The molecule has 28 heavy (non-hydrogen) atoms. The van der Waals surface area contributed by atoms with Gasteiger partial charge in [0, 0.05) is 24.0 Å². The van der Waals surface area contributed by atoms with E-state index in [0.29, 0.717) is 15.7 Å². The fraction of sp³-hybridized carbons (Fsp3) is 0.333. The number of hydrogen-bond donors (Lipinski definition) is 1. The Morgan fingerprint density at radius 3 is 2.50 bits per heavy atom. The highest BCUT2D eigenvalue weighted by Crippen LogP contribution is 2.28. The van der Waals surface area contributed by atoms with Crippen LogP contribution in [0.25, 0.3) is 11.5 Å². The summed E-state index contributed by atoms with van der Waals surface area (Å²) < 4.78 is 3.69. The summed E-state index contributed by atoms with van der Waals surface area (Å²) in [5.41, 5.74) is 1.99. The third-order valence-electron chi connectivity index (χ3n) is 5.24. The van der Waals surface area contributed by atoms with E-state index in [2.05, 4.69) is 10.4 Å². The Bertz CT molecular complexity index is 988. The fourth-order valence-electron chi connectivity index (χ4n) is 3.78. The second-order valence-electron chi connectivity index (χ2n) is 7.21. The second-order valence-corrected chi connectivity index (χ2v) is 8.02. The Balaban J connectivity index is 1.76. The molecule has 0 spiro atoms. The van der Waals surface area contributed by atoms with Crippen LogP contribution >= 0.6 is 23.2 Å². The van der Waals surface area contributed by atoms with E-state index in [4.69, 9.17) is 23.2 Å². The fourth-order valence-corrected chi connectivity index (χ4v) is 4.07. The zero-order chi connectivity index (χ0) is 19.7. The minimum Gasteiger partial charge on any atom is -0.348 e. The van der Waals surface area contributed by atoms with Crippen LogP contribution in [0, 0.1) is 6.92 Å². The molecule has 3 aromatic rings. The number of carbonyl (C=O) groups is 1. The van der Waals surface area contributed by atoms with E-state index in [1.807, 2.05) is 42.1 Å². The summed E-state index contributed by atoms with van der Waals surface area (Å²) in [6.45, 7) is 1.92. The number of hydrogen-bond acceptors (Lipinski definition) is 2. The quantitative estimate of drug-likeness (QED) is 0.623. The predicted octanol–water partition coefficient (Wildman–Crippen LogP) is 5.34. The zero-order valence-electron chi connectivity index (χ0n) is 15.7. The maximum atomic E-state index is 13.0. The highest BCUT2D eigenvalue weighted by molar-refractivity contribution is 6.42. The molecule has 4 rings (SSSR count). The summed E-state index contributed by atoms with van der Waals surface area (Å²) in [5.74, 6) is 0.675. The Hall–Kier alpha value is -2.24. The maximum absolute atomic E-state index is 13.0. The van der Waals surface area contributed by atoms with Crippen LogP contribution in [0.5, 0.6) is 0 Å². The third-order valence-corrected chi connectivity index (χ3v) is 5.98. The Morgan fingerprint density at radius 1 is 1.11 bits per heavy atom. The first-order valence-electron chi connectivity index (χ1n) is 9.54. The van der Waals surface area contributed by atoms with Gasteiger partial charge in [0.1, 0.15) is 5.82 Å². The molecule has 0 atom stereocenters. The first-order valence-corrected chi connectivity index (χ1v) is 10.3. The van der Waals surface area contributed by atoms with Gasteiger partial charge in [0.2, 0.25) is 0 Å². The zero-order valence-corrected chi connectivity index (χ0v) is 17.2. The van der Waals surface area contributed by atoms with Gasteiger partial charge >= 0.3 is 0 Å². The van der Waals surface area contributed by atoms with E-state index in [-0.39, 0.29) is 11.9 Å². The van der Waals surface area contributed by atoms with Crippen LogP contribution in [0.2, 0.25) is 10.0 Å². The van der Waals surface area contributed by atoms with Gasteiger partial charge < -0.3 is 9.88 Å². The van der Waals surface area contributed by atoms with E-state index in [1.54, 1.807) is 16.8 Å². The van der Waals surface area contributed by atoms with Gasteiger partial charge in [-0.1, -0.05) is 42.5 Å². The highest BCUT2D eigenvalue weighted by atomic mass is 35.5. The van der Waals surface area contributed by atoms with Crippen LogP contribution in [-0.2, 0) is 0 Å². The average molecular weight is 417 g/mol. The van der Waals surface area contributed by atoms with Gasteiger partial charge in [0.25, 0.3) is 5.91 Å². The van der Waals surface area contributed by atoms with Crippen molar-refractivity contribution in [3.8, 4) is 11.5 Å². The van der Waals surface area contributed by atoms with Gasteiger partial charge in [-0.25, -0.2) is 4.68 Å². The number of nitrogens with zero attached hydrogens (tertiary/aromatic N) is 3. The van der Waals surface area contributed by atoms with Crippen LogP contribution in [0.1, 0.15) is 48.2 Å². The number of benzene rings is 1. The molecule has 5 nitrogen and oxygen atoms in total. The Kier molecular flexibility index (Phi) is 5.47. The van der Waals surface area contributed by atoms with Crippen molar-refractivity contribution in [2.45, 2.75) is 45.1 Å². The van der Waals surface area contributed by atoms with Crippen LogP contribution in [0.15, 0.2) is 42.7 Å². The minimum atomic E-state index is -0.128. The van der Waals surface area contributed by atoms with Crippen molar-refractivity contribution in [3.63, 3.8) is 0 Å². The number of rotatable bonds is 4. The van der Waals surface area contributed by atoms with Crippen LogP contribution in [0.4, 0.5) is 0 Å². The van der Waals surface area contributed by atoms with Crippen molar-refractivity contribution < 1.29 is 4.79 Å². The van der Waals surface area contributed by atoms with Crippen LogP contribution in [-0.4, -0.2) is 26.3 Å². The van der Waals surface area contributed by atoms with Crippen molar-refractivity contribution in [1.29, 1.82) is 0 Å². The van der Waals surface area contributed by atoms with E-state index < -0.39 is 0 Å². The highest BCUT2D eigenvalue weighted by Gasteiger charge is 2.24. The molecule has 1 aromatic carbocycles. The summed E-state index contributed by atoms with van der Waals surface area (Å²) in [7, 11) is 0. The number of amides is 1. The molecule has 1 fully saturated rings. The molecule has 0 radical (unpaired) electrons. The molecular formula is C21H22Cl2N4O. The molecule has 1 amide bonds. The van der Waals surface area contributed by atoms with Gasteiger partial charge in [-0.2, -0.15) is 5.10 Å². The smallest absolute Gasteiger partial charge is 0.272 e. The molecular weight excluding hydrogens is 395 g/mol. The van der Waals surface area contributed by atoms with Crippen LogP contribution in [0.3, 0.4) is 0 Å². The molecule has 1 N–H and O–H groups in total. The first kappa shape index (κ1) is 19.1. The maximum Gasteiger partial charge on any atom is 0.272 e. The molecule has 0 aliphatic heterocycles. The average Bonchev–Trinajstić information content (AvgIpc) is 3.32. The lowest BCUT2D eigenvalue weighted by Gasteiger charge is -2.22. The molecule has 146 valence electrons. The van der Waals surface area contributed by atoms with E-state index in [9.17, 15) is 4.79 Å². The van der Waals surface area contributed by atoms with Gasteiger partial charge in [0.15, 0.2) is 5.69 Å². The van der Waals surface area contributed by atoms with Gasteiger partial charge in [-0.05, 0) is 50.1 Å². The van der Waals surface area contributed by atoms with Gasteiger partial charge in [0.05, 0.1) is 15.7 Å². The molecule has 2 aromatic heterocycles. The van der Waals surface area contributed by atoms with E-state index in [1.165, 1.54) is 6.42 Å².